The first kappa shape index (κ1) is 17.7. The van der Waals surface area contributed by atoms with Gasteiger partial charge in [0.2, 0.25) is 0 Å². The largest absolute Gasteiger partial charge is 0.465 e. The molecule has 10 nitrogen and oxygen atoms in total. The Morgan fingerprint density at radius 1 is 1.14 bits per heavy atom. The topological polar surface area (TPSA) is 126 Å². The molecule has 0 unspecified atom stereocenters. The summed E-state index contributed by atoms with van der Waals surface area (Å²) in [6.07, 6.45) is 7.16. The van der Waals surface area contributed by atoms with E-state index in [0.29, 0.717) is 21.8 Å². The van der Waals surface area contributed by atoms with E-state index in [1.165, 1.54) is 29.8 Å². The molecule has 0 atom stereocenters. The van der Waals surface area contributed by atoms with Crippen LogP contribution in [0.15, 0.2) is 37.1 Å². The van der Waals surface area contributed by atoms with Crippen molar-refractivity contribution in [2.45, 2.75) is 6.92 Å². The maximum Gasteiger partial charge on any atom is 0.409 e. The van der Waals surface area contributed by atoms with Gasteiger partial charge in [-0.3, -0.25) is 19.8 Å². The second-order valence-electron chi connectivity index (χ2n) is 6.05. The van der Waals surface area contributed by atoms with Gasteiger partial charge in [-0.05, 0) is 13.0 Å². The number of carbonyl (C=O) groups excluding carboxylic acids is 1. The Balaban J connectivity index is 1.63. The molecule has 4 heterocycles. The van der Waals surface area contributed by atoms with E-state index in [4.69, 9.17) is 5.11 Å². The van der Waals surface area contributed by atoms with E-state index in [0.717, 1.165) is 10.4 Å². The number of nitrogens with one attached hydrogen (secondary N) is 2. The summed E-state index contributed by atoms with van der Waals surface area (Å²) in [5.74, 6) is -0.355. The predicted molar refractivity (Wildman–Crippen MR) is 104 cm³/mol. The van der Waals surface area contributed by atoms with Gasteiger partial charge in [0.25, 0.3) is 5.91 Å². The lowest BCUT2D eigenvalue weighted by Crippen LogP contribution is -2.14. The number of aromatic nitrogens is 5. The fraction of sp³-hybridized carbons (Fsp3) is 0.118. The fourth-order valence-electron chi connectivity index (χ4n) is 2.67. The zero-order chi connectivity index (χ0) is 19.8. The van der Waals surface area contributed by atoms with Crippen molar-refractivity contribution in [2.24, 2.45) is 7.05 Å². The molecule has 28 heavy (non-hydrogen) atoms. The maximum atomic E-state index is 12.8. The first-order valence-corrected chi connectivity index (χ1v) is 8.96. The summed E-state index contributed by atoms with van der Waals surface area (Å²) in [5, 5.41) is 22.2. The van der Waals surface area contributed by atoms with E-state index in [2.05, 4.69) is 25.8 Å². The number of rotatable bonds is 4. The molecule has 4 rings (SSSR count). The molecule has 0 aliphatic heterocycles. The molecule has 2 amide bonds. The summed E-state index contributed by atoms with van der Waals surface area (Å²) in [6.45, 7) is 1.72. The third-order valence-electron chi connectivity index (χ3n) is 4.02. The number of fused-ring (bicyclic) bond motifs is 1. The first-order chi connectivity index (χ1) is 13.4. The van der Waals surface area contributed by atoms with E-state index in [-0.39, 0.29) is 11.6 Å². The Morgan fingerprint density at radius 3 is 2.68 bits per heavy atom. The Labute approximate surface area is 162 Å². The number of hydrogen-bond donors (Lipinski definition) is 3. The van der Waals surface area contributed by atoms with Crippen LogP contribution in [0.25, 0.3) is 15.3 Å². The minimum atomic E-state index is -1.21. The van der Waals surface area contributed by atoms with Crippen molar-refractivity contribution in [2.75, 3.05) is 10.6 Å². The van der Waals surface area contributed by atoms with Crippen LogP contribution in [0, 0.1) is 6.92 Å². The summed E-state index contributed by atoms with van der Waals surface area (Å²) in [4.78, 5) is 29.3. The molecular weight excluding hydrogens is 382 g/mol. The van der Waals surface area contributed by atoms with Crippen molar-refractivity contribution in [3.8, 4) is 10.4 Å². The predicted octanol–water partition coefficient (Wildman–Crippen LogP) is 2.84. The quantitative estimate of drug-likeness (QED) is 0.486. The van der Waals surface area contributed by atoms with Crippen molar-refractivity contribution in [3.63, 3.8) is 0 Å². The molecule has 0 aliphatic carbocycles. The molecule has 4 aromatic rings. The molecule has 0 radical (unpaired) electrons. The monoisotopic (exact) mass is 397 g/mol. The third kappa shape index (κ3) is 3.30. The molecule has 11 heteroatoms. The Kier molecular flexibility index (Phi) is 4.28. The number of amides is 2. The van der Waals surface area contributed by atoms with Gasteiger partial charge in [0.15, 0.2) is 0 Å². The van der Waals surface area contributed by atoms with E-state index >= 15 is 0 Å². The molecule has 0 spiro atoms. The zero-order valence-corrected chi connectivity index (χ0v) is 15.7. The van der Waals surface area contributed by atoms with Crippen LogP contribution in [0.1, 0.15) is 16.1 Å². The van der Waals surface area contributed by atoms with E-state index in [1.807, 2.05) is 19.4 Å². The van der Waals surface area contributed by atoms with Gasteiger partial charge in [-0.25, -0.2) is 9.31 Å². The third-order valence-corrected chi connectivity index (χ3v) is 5.18. The van der Waals surface area contributed by atoms with Crippen LogP contribution < -0.4 is 10.6 Å². The Hall–Kier alpha value is -3.73. The highest BCUT2D eigenvalue weighted by Gasteiger charge is 2.18. The van der Waals surface area contributed by atoms with E-state index < -0.39 is 6.09 Å². The highest BCUT2D eigenvalue weighted by atomic mass is 32.1. The standard InChI is InChI=1S/C17H15N7O3S/c1-9-13(3-11(5-18-9)21-17(26)27)22-15(25)12-6-20-24-8-14(28-16(12)24)10-4-19-23(2)7-10/h3-8,21H,1-2H3,(H,22,25)(H,26,27). The van der Waals surface area contributed by atoms with Crippen molar-refractivity contribution < 1.29 is 14.7 Å². The van der Waals surface area contributed by atoms with E-state index in [1.54, 1.807) is 22.3 Å². The molecule has 0 aromatic carbocycles. The number of nitrogens with zero attached hydrogens (tertiary/aromatic N) is 5. The van der Waals surface area contributed by atoms with Gasteiger partial charge in [-0.1, -0.05) is 0 Å². The molecule has 142 valence electrons. The lowest BCUT2D eigenvalue weighted by atomic mass is 10.2. The number of carbonyl (C=O) groups is 2. The number of pyridine rings is 1. The fourth-order valence-corrected chi connectivity index (χ4v) is 3.70. The van der Waals surface area contributed by atoms with Gasteiger partial charge < -0.3 is 10.4 Å². The summed E-state index contributed by atoms with van der Waals surface area (Å²) in [6, 6.07) is 1.52. The normalized spacial score (nSPS) is 10.9. The number of anilines is 2. The summed E-state index contributed by atoms with van der Waals surface area (Å²) in [7, 11) is 1.84. The second kappa shape index (κ2) is 6.78. The number of thiazole rings is 1. The lowest BCUT2D eigenvalue weighted by Gasteiger charge is -2.09. The summed E-state index contributed by atoms with van der Waals surface area (Å²) in [5.41, 5.74) is 2.60. The van der Waals surface area contributed by atoms with E-state index in [9.17, 15) is 9.59 Å². The van der Waals surface area contributed by atoms with Crippen LogP contribution in [0.5, 0.6) is 0 Å². The van der Waals surface area contributed by atoms with Gasteiger partial charge in [0.05, 0.1) is 46.1 Å². The average molecular weight is 397 g/mol. The van der Waals surface area contributed by atoms with Gasteiger partial charge in [-0.2, -0.15) is 10.2 Å². The van der Waals surface area contributed by atoms with Gasteiger partial charge in [-0.15, -0.1) is 11.3 Å². The zero-order valence-electron chi connectivity index (χ0n) is 14.9. The van der Waals surface area contributed by atoms with Crippen molar-refractivity contribution in [1.29, 1.82) is 0 Å². The molecule has 3 N–H and O–H groups in total. The molecular formula is C17H15N7O3S. The summed E-state index contributed by atoms with van der Waals surface area (Å²) >= 11 is 1.43. The molecule has 0 saturated carbocycles. The Morgan fingerprint density at radius 2 is 1.96 bits per heavy atom. The molecule has 0 bridgehead atoms. The minimum Gasteiger partial charge on any atom is -0.465 e. The van der Waals surface area contributed by atoms with Crippen LogP contribution in [0.2, 0.25) is 0 Å². The highest BCUT2D eigenvalue weighted by molar-refractivity contribution is 7.21. The smallest absolute Gasteiger partial charge is 0.409 e. The molecule has 0 fully saturated rings. The second-order valence-corrected chi connectivity index (χ2v) is 7.08. The van der Waals surface area contributed by atoms with Crippen LogP contribution in [-0.2, 0) is 7.05 Å². The number of hydrogen-bond acceptors (Lipinski definition) is 6. The van der Waals surface area contributed by atoms with Gasteiger partial charge >= 0.3 is 6.09 Å². The van der Waals surface area contributed by atoms with Gasteiger partial charge in [0.1, 0.15) is 4.83 Å². The molecule has 0 aliphatic rings. The van der Waals surface area contributed by atoms with Crippen molar-refractivity contribution in [1.82, 2.24) is 24.4 Å². The SMILES string of the molecule is Cc1ncc(NC(=O)O)cc1NC(=O)c1cnn2cc(-c3cnn(C)c3)sc12. The molecule has 4 aromatic heterocycles. The highest BCUT2D eigenvalue weighted by Crippen LogP contribution is 2.30. The molecule has 0 saturated heterocycles. The maximum absolute atomic E-state index is 12.8. The number of aryl methyl sites for hydroxylation is 2. The van der Waals surface area contributed by atoms with Crippen molar-refractivity contribution >= 4 is 39.5 Å². The van der Waals surface area contributed by atoms with Crippen LogP contribution in [-0.4, -0.2) is 41.5 Å². The van der Waals surface area contributed by atoms with Gasteiger partial charge in [0, 0.05) is 25.0 Å². The van der Waals surface area contributed by atoms with Crippen LogP contribution >= 0.6 is 11.3 Å². The van der Waals surface area contributed by atoms with Crippen LogP contribution in [0.4, 0.5) is 16.2 Å². The van der Waals surface area contributed by atoms with Crippen LogP contribution in [0.3, 0.4) is 0 Å². The number of carboxylic acid groups (broad SMARTS) is 1. The Bertz CT molecular complexity index is 1210. The average Bonchev–Trinajstić information content (AvgIpc) is 3.32. The van der Waals surface area contributed by atoms with Crippen molar-refractivity contribution in [3.05, 3.63) is 48.3 Å². The first-order valence-electron chi connectivity index (χ1n) is 8.15. The minimum absolute atomic E-state index is 0.267. The summed E-state index contributed by atoms with van der Waals surface area (Å²) < 4.78 is 3.36. The lowest BCUT2D eigenvalue weighted by molar-refractivity contribution is 0.102.